The minimum absolute atomic E-state index is 0.0255. The summed E-state index contributed by atoms with van der Waals surface area (Å²) in [5, 5.41) is 48.5. The van der Waals surface area contributed by atoms with Crippen LogP contribution >= 0.6 is 11.3 Å². The van der Waals surface area contributed by atoms with Crippen LogP contribution in [-0.4, -0.2) is 19.6 Å². The molecule has 0 aliphatic heterocycles. The van der Waals surface area contributed by atoms with Gasteiger partial charge in [-0.25, -0.2) is 0 Å². The second-order valence-electron chi connectivity index (χ2n) is 6.59. The van der Waals surface area contributed by atoms with Crippen molar-refractivity contribution in [2.45, 2.75) is 23.8 Å². The molecule has 9 nitrogen and oxygen atoms in total. The second kappa shape index (κ2) is 11.8. The van der Waals surface area contributed by atoms with Crippen molar-refractivity contribution in [3.8, 4) is 12.1 Å². The zero-order valence-corrected chi connectivity index (χ0v) is 20.3. The SMILES string of the molecule is CC[As](CCC#N)c1ccc(/N=N/c2sc(/N=N/c3ccc([N+](=O)[O-])cc3)cc2C#N)cc1. The van der Waals surface area contributed by atoms with Crippen LogP contribution in [-0.2, 0) is 0 Å². The van der Waals surface area contributed by atoms with Gasteiger partial charge in [0, 0.05) is 12.1 Å². The van der Waals surface area contributed by atoms with Gasteiger partial charge in [0.1, 0.15) is 0 Å². The fourth-order valence-electron chi connectivity index (χ4n) is 2.81. The molecule has 0 saturated heterocycles. The summed E-state index contributed by atoms with van der Waals surface area (Å²) >= 11 is -0.0300. The molecule has 3 aromatic rings. The third kappa shape index (κ3) is 6.63. The summed E-state index contributed by atoms with van der Waals surface area (Å²) in [6.45, 7) is 2.17. The molecule has 3 rings (SSSR count). The number of nitrogens with zero attached hydrogens (tertiary/aromatic N) is 7. The van der Waals surface area contributed by atoms with Gasteiger partial charge in [0.25, 0.3) is 5.69 Å². The number of hydrogen-bond donors (Lipinski definition) is 0. The first-order valence-electron chi connectivity index (χ1n) is 9.88. The van der Waals surface area contributed by atoms with E-state index >= 15 is 0 Å². The number of azo groups is 2. The molecule has 0 aliphatic carbocycles. The third-order valence-electron chi connectivity index (χ3n) is 4.49. The van der Waals surface area contributed by atoms with E-state index in [-0.39, 0.29) is 5.69 Å². The van der Waals surface area contributed by atoms with Crippen LogP contribution in [0.25, 0.3) is 0 Å². The maximum absolute atomic E-state index is 10.7. The van der Waals surface area contributed by atoms with Gasteiger partial charge >= 0.3 is 154 Å². The van der Waals surface area contributed by atoms with Gasteiger partial charge in [-0.15, -0.1) is 0 Å². The molecule has 0 N–H and O–H groups in total. The number of thiophene rings is 1. The Bertz CT molecular complexity index is 1260. The van der Waals surface area contributed by atoms with Gasteiger partial charge in [-0.3, -0.25) is 10.1 Å². The first-order chi connectivity index (χ1) is 16.0. The summed E-state index contributed by atoms with van der Waals surface area (Å²) in [5.74, 6) is 0. The Morgan fingerprint density at radius 2 is 1.64 bits per heavy atom. The van der Waals surface area contributed by atoms with Crippen LogP contribution in [0.3, 0.4) is 0 Å². The minimum atomic E-state index is -1.21. The maximum atomic E-state index is 10.7. The predicted octanol–water partition coefficient (Wildman–Crippen LogP) is 6.99. The summed E-state index contributed by atoms with van der Waals surface area (Å²) in [7, 11) is 0. The Morgan fingerprint density at radius 1 is 1.00 bits per heavy atom. The number of rotatable bonds is 9. The molecule has 0 fully saturated rings. The fourth-order valence-corrected chi connectivity index (χ4v) is 7.51. The Hall–Kier alpha value is -3.72. The van der Waals surface area contributed by atoms with Crippen LogP contribution in [0.1, 0.15) is 18.9 Å². The molecule has 164 valence electrons. The van der Waals surface area contributed by atoms with Crippen molar-refractivity contribution in [3.05, 3.63) is 70.3 Å². The quantitative estimate of drug-likeness (QED) is 0.130. The van der Waals surface area contributed by atoms with Gasteiger partial charge in [0.2, 0.25) is 0 Å². The van der Waals surface area contributed by atoms with Gasteiger partial charge in [-0.1, -0.05) is 0 Å². The molecule has 0 spiro atoms. The summed E-state index contributed by atoms with van der Waals surface area (Å²) < 4.78 is 1.31. The summed E-state index contributed by atoms with van der Waals surface area (Å²) in [6, 6.07) is 19.5. The molecule has 1 unspecified atom stereocenters. The van der Waals surface area contributed by atoms with Crippen molar-refractivity contribution >= 4 is 57.4 Å². The molecule has 11 heteroatoms. The van der Waals surface area contributed by atoms with E-state index in [2.05, 4.69) is 51.7 Å². The Morgan fingerprint density at radius 3 is 2.21 bits per heavy atom. The molecular formula is C22H18AsN7O2S. The van der Waals surface area contributed by atoms with E-state index in [0.29, 0.717) is 33.4 Å². The van der Waals surface area contributed by atoms with E-state index < -0.39 is 19.6 Å². The van der Waals surface area contributed by atoms with Crippen molar-refractivity contribution in [1.82, 2.24) is 0 Å². The van der Waals surface area contributed by atoms with Crippen LogP contribution in [0.4, 0.5) is 27.1 Å². The van der Waals surface area contributed by atoms with Gasteiger partial charge in [0.15, 0.2) is 0 Å². The molecule has 0 radical (unpaired) electrons. The van der Waals surface area contributed by atoms with E-state index in [1.54, 1.807) is 6.07 Å². The molecular weight excluding hydrogens is 501 g/mol. The van der Waals surface area contributed by atoms with Crippen molar-refractivity contribution in [2.24, 2.45) is 20.5 Å². The van der Waals surface area contributed by atoms with Crippen molar-refractivity contribution < 1.29 is 4.92 Å². The number of nitro groups is 1. The average Bonchev–Trinajstić information content (AvgIpc) is 3.25. The van der Waals surface area contributed by atoms with E-state index in [1.165, 1.54) is 40.0 Å². The zero-order chi connectivity index (χ0) is 23.6. The van der Waals surface area contributed by atoms with Crippen molar-refractivity contribution in [1.29, 1.82) is 10.5 Å². The molecule has 0 bridgehead atoms. The van der Waals surface area contributed by atoms with E-state index in [4.69, 9.17) is 5.26 Å². The number of nitro benzene ring substituents is 1. The molecule has 0 aliphatic rings. The first kappa shape index (κ1) is 23.9. The third-order valence-corrected chi connectivity index (χ3v) is 10.8. The standard InChI is InChI=1S/C22H18AsN7O2S/c1-2-23(12-3-13-24)17-4-6-18(7-5-17)27-29-22-16(15-25)14-21(33-22)28-26-19-8-10-20(11-9-19)30(31)32/h4-11,14H,2-3,12H2,1H3/b28-26+,29-27+. The normalized spacial score (nSPS) is 12.0. The van der Waals surface area contributed by atoms with Crippen LogP contribution in [0.2, 0.25) is 10.4 Å². The molecule has 1 atom stereocenters. The first-order valence-corrected chi connectivity index (χ1v) is 14.3. The van der Waals surface area contributed by atoms with Gasteiger partial charge in [-0.05, 0) is 12.1 Å². The van der Waals surface area contributed by atoms with Gasteiger partial charge < -0.3 is 0 Å². The molecule has 1 heterocycles. The van der Waals surface area contributed by atoms with Crippen LogP contribution in [0.15, 0.2) is 75.1 Å². The predicted molar refractivity (Wildman–Crippen MR) is 128 cm³/mol. The van der Waals surface area contributed by atoms with Crippen LogP contribution in [0.5, 0.6) is 0 Å². The zero-order valence-electron chi connectivity index (χ0n) is 17.6. The second-order valence-corrected chi connectivity index (χ2v) is 13.2. The molecule has 33 heavy (non-hydrogen) atoms. The molecule has 0 saturated carbocycles. The molecule has 1 aromatic heterocycles. The van der Waals surface area contributed by atoms with E-state index in [1.807, 2.05) is 12.1 Å². The van der Waals surface area contributed by atoms with E-state index in [9.17, 15) is 15.4 Å². The fraction of sp³-hybridized carbons (Fsp3) is 0.182. The number of non-ortho nitro benzene ring substituents is 1. The number of benzene rings is 2. The summed E-state index contributed by atoms with van der Waals surface area (Å²) in [6.07, 6.45) is 0.592. The summed E-state index contributed by atoms with van der Waals surface area (Å²) in [4.78, 5) is 10.2. The monoisotopic (exact) mass is 519 g/mol. The number of hydrogen-bond acceptors (Lipinski definition) is 9. The van der Waals surface area contributed by atoms with Crippen LogP contribution < -0.4 is 4.35 Å². The Kier molecular flexibility index (Phi) is 8.54. The van der Waals surface area contributed by atoms with Crippen molar-refractivity contribution in [3.63, 3.8) is 0 Å². The Labute approximate surface area is 199 Å². The molecule has 0 amide bonds. The average molecular weight is 519 g/mol. The molecule has 2 aromatic carbocycles. The van der Waals surface area contributed by atoms with Gasteiger partial charge in [0.05, 0.1) is 4.92 Å². The van der Waals surface area contributed by atoms with Crippen LogP contribution in [0, 0.1) is 32.8 Å². The van der Waals surface area contributed by atoms with Gasteiger partial charge in [-0.2, -0.15) is 0 Å². The van der Waals surface area contributed by atoms with Crippen molar-refractivity contribution in [2.75, 3.05) is 0 Å². The Balaban J connectivity index is 1.72. The van der Waals surface area contributed by atoms with E-state index in [0.717, 1.165) is 10.4 Å². The number of nitriles is 2. The summed E-state index contributed by atoms with van der Waals surface area (Å²) in [5.41, 5.74) is 1.45. The topological polar surface area (TPSA) is 140 Å².